The van der Waals surface area contributed by atoms with Crippen LogP contribution in [0.25, 0.3) is 27.1 Å². The van der Waals surface area contributed by atoms with Crippen molar-refractivity contribution < 1.29 is 125 Å². The lowest BCUT2D eigenvalue weighted by Crippen LogP contribution is -2.31. The molecule has 36 heteroatoms. The number of carbonyl (C=O) groups is 2. The molecule has 5 aromatic carbocycles. The van der Waals surface area contributed by atoms with Crippen LogP contribution in [0.5, 0.6) is 0 Å². The van der Waals surface area contributed by atoms with Crippen LogP contribution in [0.4, 0.5) is 11.4 Å². The van der Waals surface area contributed by atoms with Crippen molar-refractivity contribution in [2.24, 2.45) is 5.92 Å². The Labute approximate surface area is 626 Å². The summed E-state index contributed by atoms with van der Waals surface area (Å²) < 4.78 is 255. The van der Waals surface area contributed by atoms with E-state index in [1.165, 1.54) is 24.3 Å². The Kier molecular flexibility index (Phi) is 31.6. The number of allylic oxidation sites excluding steroid dienone is 6. The maximum atomic E-state index is 13.1. The number of unbranched alkanes of at least 4 members (excludes halogenated alkanes) is 1. The van der Waals surface area contributed by atoms with E-state index in [2.05, 4.69) is 5.32 Å². The summed E-state index contributed by atoms with van der Waals surface area (Å²) in [5.41, 5.74) is 1.31. The van der Waals surface area contributed by atoms with E-state index < -0.39 is 103 Å². The van der Waals surface area contributed by atoms with Gasteiger partial charge in [-0.2, -0.15) is 46.7 Å². The van der Waals surface area contributed by atoms with Crippen LogP contribution in [-0.2, 0) is 121 Å². The Morgan fingerprint density at radius 2 is 1.06 bits per heavy atom. The molecule has 30 nitrogen and oxygen atoms in total. The Morgan fingerprint density at radius 3 is 1.56 bits per heavy atom. The highest BCUT2D eigenvalue weighted by molar-refractivity contribution is 7.87. The van der Waals surface area contributed by atoms with Crippen LogP contribution in [0.3, 0.4) is 0 Å². The normalized spacial score (nSPS) is 15.4. The molecule has 5 aromatic rings. The number of ether oxygens (including phenoxy) is 7. The Hall–Kier alpha value is -6.37. The van der Waals surface area contributed by atoms with Crippen LogP contribution in [0.1, 0.15) is 109 Å². The zero-order valence-corrected chi connectivity index (χ0v) is 65.4. The maximum Gasteiger partial charge on any atom is 0.295 e. The smallest absolute Gasteiger partial charge is 0.295 e. The Morgan fingerprint density at radius 1 is 0.551 bits per heavy atom. The number of ketones is 1. The molecule has 1 amide bonds. The van der Waals surface area contributed by atoms with Gasteiger partial charge >= 0.3 is 0 Å². The van der Waals surface area contributed by atoms with Crippen molar-refractivity contribution in [1.82, 2.24) is 5.32 Å². The quantitative estimate of drug-likeness (QED) is 0.00934. The molecule has 0 aliphatic carbocycles. The van der Waals surface area contributed by atoms with E-state index in [1.807, 2.05) is 26.0 Å². The molecule has 0 fully saturated rings. The second kappa shape index (κ2) is 38.5. The number of Topliss-reactive ketones (excluding diaryl/α,β-unsaturated/α-hetero) is 1. The fraction of sp³-hybridized carbons (Fsp3) is 0.507. The average Bonchev–Trinajstić information content (AvgIpc) is 1.59. The van der Waals surface area contributed by atoms with Gasteiger partial charge in [0.2, 0.25) is 11.6 Å². The monoisotopic (exact) mass is 1610 g/mol. The summed E-state index contributed by atoms with van der Waals surface area (Å²) in [5.74, 6) is -1.54. The first-order chi connectivity index (χ1) is 50.1. The lowest BCUT2D eigenvalue weighted by atomic mass is 9.78. The van der Waals surface area contributed by atoms with Gasteiger partial charge in [-0.3, -0.25) is 32.4 Å². The molecule has 592 valence electrons. The molecule has 6 N–H and O–H groups in total. The molecule has 0 unspecified atom stereocenters. The van der Waals surface area contributed by atoms with Crippen LogP contribution in [0, 0.1) is 5.92 Å². The molecule has 7 rings (SSSR count). The summed E-state index contributed by atoms with van der Waals surface area (Å²) >= 11 is 0. The second-order valence-corrected chi connectivity index (χ2v) is 35.6. The summed E-state index contributed by atoms with van der Waals surface area (Å²) in [6, 6.07) is 16.3. The summed E-state index contributed by atoms with van der Waals surface area (Å²) in [6.45, 7) is 16.1. The van der Waals surface area contributed by atoms with Gasteiger partial charge in [0.15, 0.2) is 5.71 Å². The molecule has 0 bridgehead atoms. The summed E-state index contributed by atoms with van der Waals surface area (Å²) in [4.78, 5) is 22.9. The topological polar surface area (TPSA) is 446 Å². The van der Waals surface area contributed by atoms with Crippen molar-refractivity contribution in [2.45, 2.75) is 123 Å². The van der Waals surface area contributed by atoms with Crippen LogP contribution in [0.2, 0.25) is 0 Å². The predicted octanol–water partition coefficient (Wildman–Crippen LogP) is 7.84. The summed E-state index contributed by atoms with van der Waals surface area (Å²) in [6.07, 6.45) is 9.10. The van der Waals surface area contributed by atoms with Crippen molar-refractivity contribution >= 4 is 117 Å². The fourth-order valence-electron chi connectivity index (χ4n) is 12.8. The SMILES string of the molecule is CC(C)C(=O)NCCOCCOCCOCCOCCOCCOCCOCCCC(=O)CCCCc1cccc(C(=C\C=C2/N(CCCS(=O)(=O)O)c3ccc4c(S(=O)(=O)O)cc(S(=O)(=O)O)cc4c3C2(C)C)/C=C/C2=[N+](CCCS(=O)(=O)[O-])c3ccc4c(S(=O)(=O)O)cc(S(=O)(=O)O)cc4c3C2(C)C)c1. The van der Waals surface area contributed by atoms with Gasteiger partial charge in [0, 0.05) is 95.9 Å². The minimum atomic E-state index is -5.16. The van der Waals surface area contributed by atoms with Crippen LogP contribution in [0.15, 0.2) is 122 Å². The third-order valence-corrected chi connectivity index (χ3v) is 22.9. The fourth-order valence-corrected chi connectivity index (χ4v) is 16.5. The number of nitrogens with zero attached hydrogens (tertiary/aromatic N) is 2. The molecule has 0 atom stereocenters. The molecular formula is C71H95N3O27S6. The van der Waals surface area contributed by atoms with E-state index in [9.17, 15) is 87.4 Å². The number of fused-ring (bicyclic) bond motifs is 6. The number of carbonyl (C=O) groups excluding carboxylic acids is 2. The number of amides is 1. The van der Waals surface area contributed by atoms with Gasteiger partial charge in [0.05, 0.1) is 117 Å². The molecule has 0 spiro atoms. The molecular weight excluding hydrogens is 1520 g/mol. The van der Waals surface area contributed by atoms with Gasteiger partial charge in [-0.15, -0.1) is 0 Å². The third kappa shape index (κ3) is 25.6. The van der Waals surface area contributed by atoms with Crippen molar-refractivity contribution in [3.63, 3.8) is 0 Å². The third-order valence-electron chi connectivity index (χ3n) is 17.8. The van der Waals surface area contributed by atoms with E-state index >= 15 is 0 Å². The second-order valence-electron chi connectivity index (χ2n) is 26.8. The molecule has 0 saturated heterocycles. The van der Waals surface area contributed by atoms with Gasteiger partial charge in [0.25, 0.3) is 50.6 Å². The highest BCUT2D eigenvalue weighted by Crippen LogP contribution is 2.52. The van der Waals surface area contributed by atoms with Gasteiger partial charge in [-0.05, 0) is 128 Å². The average molecular weight is 1610 g/mol. The van der Waals surface area contributed by atoms with E-state index in [-0.39, 0.29) is 70.6 Å². The Balaban J connectivity index is 1.05. The molecule has 107 heavy (non-hydrogen) atoms. The molecule has 0 saturated carbocycles. The first kappa shape index (κ1) is 87.9. The minimum Gasteiger partial charge on any atom is -0.748 e. The van der Waals surface area contributed by atoms with Gasteiger partial charge in [0.1, 0.15) is 22.1 Å². The number of rotatable bonds is 47. The standard InChI is InChI=1S/C71H95N3O27S6/c1-50(2)69(76)72-26-30-96-32-34-98-36-38-100-40-42-101-41-39-99-37-35-97-33-31-95-29-10-17-54(75)16-8-7-13-51-14-9-15-53(45-51)52(18-24-65-70(3,4)67-59-46-55(104(83,84)85)48-63(106(89,90)91)57(59)20-22-61(67)73(65)27-11-43-102(77,78)79)19-25-66-71(5,6)68-60-47-56(105(86,87)88)49-64(107(92,93)94)58(60)21-23-62(68)74(66)28-12-44-103(80,81)82/h9,14-15,18-25,45-50H,7-8,10-13,16-17,26-44H2,1-6H3,(H6-,72,76,77,78,79,80,81,82,83,84,85,86,87,88,89,90,91,92,93,94). The maximum absolute atomic E-state index is 13.1. The lowest BCUT2D eigenvalue weighted by molar-refractivity contribution is -0.437. The number of anilines is 1. The molecule has 0 aromatic heterocycles. The first-order valence-electron chi connectivity index (χ1n) is 34.6. The van der Waals surface area contributed by atoms with Crippen molar-refractivity contribution in [3.8, 4) is 0 Å². The van der Waals surface area contributed by atoms with Gasteiger partial charge in [-0.1, -0.05) is 64.1 Å². The van der Waals surface area contributed by atoms with E-state index in [4.69, 9.17) is 33.2 Å². The highest BCUT2D eigenvalue weighted by Gasteiger charge is 2.47. The number of aryl methyl sites for hydroxylation is 1. The zero-order chi connectivity index (χ0) is 78.8. The van der Waals surface area contributed by atoms with Gasteiger partial charge < -0.3 is 47.9 Å². The van der Waals surface area contributed by atoms with Crippen molar-refractivity contribution in [3.05, 3.63) is 125 Å². The van der Waals surface area contributed by atoms with Crippen LogP contribution in [-0.4, -0.2) is 223 Å². The highest BCUT2D eigenvalue weighted by atomic mass is 32.2. The largest absolute Gasteiger partial charge is 0.748 e. The molecule has 2 heterocycles. The number of benzene rings is 5. The zero-order valence-electron chi connectivity index (χ0n) is 60.5. The van der Waals surface area contributed by atoms with Crippen LogP contribution >= 0.6 is 0 Å². The summed E-state index contributed by atoms with van der Waals surface area (Å²) in [5, 5.41) is 2.47. The van der Waals surface area contributed by atoms with Crippen molar-refractivity contribution in [2.75, 3.05) is 129 Å². The van der Waals surface area contributed by atoms with Gasteiger partial charge in [-0.25, -0.2) is 8.42 Å². The number of nitrogens with one attached hydrogen (secondary N) is 1. The van der Waals surface area contributed by atoms with Crippen LogP contribution < -0.4 is 10.2 Å². The molecule has 2 aliphatic rings. The predicted molar refractivity (Wildman–Crippen MR) is 398 cm³/mol. The number of hydrogen-bond acceptors (Lipinski definition) is 23. The minimum absolute atomic E-state index is 0.0130. The van der Waals surface area contributed by atoms with Crippen molar-refractivity contribution in [1.29, 1.82) is 0 Å². The number of hydrogen-bond donors (Lipinski definition) is 6. The van der Waals surface area contributed by atoms with E-state index in [0.29, 0.717) is 189 Å². The lowest BCUT2D eigenvalue weighted by Gasteiger charge is -2.27. The molecule has 0 radical (unpaired) electrons. The summed E-state index contributed by atoms with van der Waals surface area (Å²) in [7, 11) is -29.9. The first-order valence-corrected chi connectivity index (χ1v) is 43.5. The van der Waals surface area contributed by atoms with E-state index in [1.54, 1.807) is 73.6 Å². The molecule has 2 aliphatic heterocycles. The Bertz CT molecular complexity index is 4860. The van der Waals surface area contributed by atoms with E-state index in [0.717, 1.165) is 17.7 Å².